The molecule has 2 heterocycles. The lowest BCUT2D eigenvalue weighted by Gasteiger charge is -2.09. The zero-order valence-corrected chi connectivity index (χ0v) is 16.8. The van der Waals surface area contributed by atoms with Crippen molar-refractivity contribution < 1.29 is 13.9 Å². The van der Waals surface area contributed by atoms with Crippen LogP contribution in [0.5, 0.6) is 11.5 Å². The SMILES string of the molecule is COc1cccc(-c2nc(CSc3nc4c(c(=O)[nH]3)CCC4)c(C)o2)c1OC. The Morgan fingerprint density at radius 3 is 2.86 bits per heavy atom. The molecule has 2 aromatic heterocycles. The number of methoxy groups -OCH3 is 2. The molecule has 0 amide bonds. The fourth-order valence-corrected chi connectivity index (χ4v) is 4.24. The third-order valence-electron chi connectivity index (χ3n) is 4.79. The molecule has 146 valence electrons. The van der Waals surface area contributed by atoms with Crippen LogP contribution in [-0.4, -0.2) is 29.2 Å². The van der Waals surface area contributed by atoms with Crippen LogP contribution in [0.2, 0.25) is 0 Å². The molecular weight excluding hydrogens is 378 g/mol. The van der Waals surface area contributed by atoms with E-state index in [1.54, 1.807) is 14.2 Å². The quantitative estimate of drug-likeness (QED) is 0.501. The maximum absolute atomic E-state index is 12.2. The van der Waals surface area contributed by atoms with Gasteiger partial charge in [-0.05, 0) is 38.3 Å². The first-order valence-electron chi connectivity index (χ1n) is 9.03. The number of rotatable bonds is 6. The molecule has 1 aliphatic carbocycles. The van der Waals surface area contributed by atoms with Crippen LogP contribution >= 0.6 is 11.8 Å². The summed E-state index contributed by atoms with van der Waals surface area (Å²) in [5, 5.41) is 0.619. The number of aryl methyl sites for hydroxylation is 2. The van der Waals surface area contributed by atoms with Gasteiger partial charge in [0.05, 0.1) is 31.2 Å². The topological polar surface area (TPSA) is 90.2 Å². The maximum atomic E-state index is 12.2. The molecule has 0 atom stereocenters. The monoisotopic (exact) mass is 399 g/mol. The first-order valence-corrected chi connectivity index (χ1v) is 10.0. The van der Waals surface area contributed by atoms with Gasteiger partial charge < -0.3 is 18.9 Å². The van der Waals surface area contributed by atoms with Gasteiger partial charge in [-0.2, -0.15) is 0 Å². The highest BCUT2D eigenvalue weighted by Crippen LogP contribution is 2.38. The number of para-hydroxylation sites is 1. The largest absolute Gasteiger partial charge is 0.493 e. The Morgan fingerprint density at radius 2 is 2.07 bits per heavy atom. The molecule has 8 heteroatoms. The predicted octanol–water partition coefficient (Wildman–Crippen LogP) is 3.53. The molecule has 0 saturated heterocycles. The number of oxazole rings is 1. The molecule has 1 N–H and O–H groups in total. The number of thioether (sulfide) groups is 1. The van der Waals surface area contributed by atoms with Crippen LogP contribution in [0.15, 0.2) is 32.6 Å². The summed E-state index contributed by atoms with van der Waals surface area (Å²) in [7, 11) is 3.18. The van der Waals surface area contributed by atoms with Crippen molar-refractivity contribution in [1.82, 2.24) is 15.0 Å². The third kappa shape index (κ3) is 3.40. The summed E-state index contributed by atoms with van der Waals surface area (Å²) in [4.78, 5) is 24.2. The highest BCUT2D eigenvalue weighted by Gasteiger charge is 2.20. The number of ether oxygens (including phenoxy) is 2. The average molecular weight is 399 g/mol. The van der Waals surface area contributed by atoms with Crippen LogP contribution in [0.3, 0.4) is 0 Å². The molecule has 1 aliphatic rings. The first kappa shape index (κ1) is 18.6. The minimum atomic E-state index is -0.0244. The van der Waals surface area contributed by atoms with Gasteiger partial charge in [-0.1, -0.05) is 17.8 Å². The van der Waals surface area contributed by atoms with Crippen molar-refractivity contribution in [2.75, 3.05) is 14.2 Å². The standard InChI is InChI=1S/C20H21N3O4S/c1-11-15(10-28-20-22-14-8-4-6-12(14)18(24)23-20)21-19(27-11)13-7-5-9-16(25-2)17(13)26-3/h5,7,9H,4,6,8,10H2,1-3H3,(H,22,23,24). The number of hydrogen-bond donors (Lipinski definition) is 1. The highest BCUT2D eigenvalue weighted by atomic mass is 32.2. The molecular formula is C20H21N3O4S. The molecule has 4 rings (SSSR count). The Balaban J connectivity index is 1.58. The number of H-pyrrole nitrogens is 1. The predicted molar refractivity (Wildman–Crippen MR) is 106 cm³/mol. The second-order valence-corrected chi connectivity index (χ2v) is 7.47. The summed E-state index contributed by atoms with van der Waals surface area (Å²) in [6.45, 7) is 1.87. The lowest BCUT2D eigenvalue weighted by molar-refractivity contribution is 0.355. The molecule has 0 aliphatic heterocycles. The molecule has 0 unspecified atom stereocenters. The zero-order chi connectivity index (χ0) is 19.7. The summed E-state index contributed by atoms with van der Waals surface area (Å²) in [6.07, 6.45) is 2.68. The molecule has 0 fully saturated rings. The first-order chi connectivity index (χ1) is 13.6. The number of benzene rings is 1. The number of aromatic nitrogens is 3. The Morgan fingerprint density at radius 1 is 1.21 bits per heavy atom. The van der Waals surface area contributed by atoms with Crippen molar-refractivity contribution in [3.8, 4) is 23.0 Å². The lowest BCUT2D eigenvalue weighted by Crippen LogP contribution is -2.14. The van der Waals surface area contributed by atoms with E-state index in [1.165, 1.54) is 11.8 Å². The zero-order valence-electron chi connectivity index (χ0n) is 16.0. The average Bonchev–Trinajstić information content (AvgIpc) is 3.32. The Labute approximate surface area is 166 Å². The number of hydrogen-bond acceptors (Lipinski definition) is 7. The molecule has 0 bridgehead atoms. The van der Waals surface area contributed by atoms with E-state index in [2.05, 4.69) is 15.0 Å². The van der Waals surface area contributed by atoms with Crippen LogP contribution in [0, 0.1) is 6.92 Å². The summed E-state index contributed by atoms with van der Waals surface area (Å²) >= 11 is 1.45. The normalized spacial score (nSPS) is 12.8. The molecule has 0 spiro atoms. The van der Waals surface area contributed by atoms with E-state index in [0.29, 0.717) is 28.3 Å². The Hall–Kier alpha value is -2.74. The fourth-order valence-electron chi connectivity index (χ4n) is 3.36. The minimum absolute atomic E-state index is 0.0244. The number of nitrogens with one attached hydrogen (secondary N) is 1. The van der Waals surface area contributed by atoms with Crippen molar-refractivity contribution in [2.45, 2.75) is 37.1 Å². The van der Waals surface area contributed by atoms with Crippen LogP contribution in [0.1, 0.15) is 29.1 Å². The van der Waals surface area contributed by atoms with Gasteiger partial charge in [0.25, 0.3) is 5.56 Å². The number of nitrogens with zero attached hydrogens (tertiary/aromatic N) is 2. The maximum Gasteiger partial charge on any atom is 0.254 e. The van der Waals surface area contributed by atoms with Crippen molar-refractivity contribution in [2.24, 2.45) is 0 Å². The van der Waals surface area contributed by atoms with Crippen LogP contribution in [0.25, 0.3) is 11.5 Å². The van der Waals surface area contributed by atoms with Crippen molar-refractivity contribution >= 4 is 11.8 Å². The second-order valence-electron chi connectivity index (χ2n) is 6.50. The van der Waals surface area contributed by atoms with Gasteiger partial charge in [0.2, 0.25) is 5.89 Å². The smallest absolute Gasteiger partial charge is 0.254 e. The van der Waals surface area contributed by atoms with E-state index in [1.807, 2.05) is 25.1 Å². The summed E-state index contributed by atoms with van der Waals surface area (Å²) in [5.41, 5.74) is 3.25. The van der Waals surface area contributed by atoms with E-state index < -0.39 is 0 Å². The fraction of sp³-hybridized carbons (Fsp3) is 0.350. The third-order valence-corrected chi connectivity index (χ3v) is 5.68. The van der Waals surface area contributed by atoms with E-state index in [0.717, 1.165) is 47.5 Å². The van der Waals surface area contributed by atoms with Crippen molar-refractivity contribution in [3.05, 3.63) is 51.3 Å². The van der Waals surface area contributed by atoms with Gasteiger partial charge in [-0.25, -0.2) is 9.97 Å². The second kappa shape index (κ2) is 7.71. The van der Waals surface area contributed by atoms with E-state index in [4.69, 9.17) is 13.9 Å². The summed E-state index contributed by atoms with van der Waals surface area (Å²) < 4.78 is 16.7. The van der Waals surface area contributed by atoms with Gasteiger partial charge >= 0.3 is 0 Å². The lowest BCUT2D eigenvalue weighted by atomic mass is 10.2. The van der Waals surface area contributed by atoms with E-state index in [9.17, 15) is 4.79 Å². The van der Waals surface area contributed by atoms with Gasteiger partial charge in [0, 0.05) is 11.3 Å². The van der Waals surface area contributed by atoms with Crippen molar-refractivity contribution in [1.29, 1.82) is 0 Å². The number of fused-ring (bicyclic) bond motifs is 1. The molecule has 3 aromatic rings. The molecule has 7 nitrogen and oxygen atoms in total. The summed E-state index contributed by atoms with van der Waals surface area (Å²) in [6, 6.07) is 5.57. The van der Waals surface area contributed by atoms with Gasteiger partial charge in [-0.15, -0.1) is 0 Å². The molecule has 0 saturated carbocycles. The van der Waals surface area contributed by atoms with Crippen LogP contribution in [0.4, 0.5) is 0 Å². The van der Waals surface area contributed by atoms with E-state index in [-0.39, 0.29) is 5.56 Å². The van der Waals surface area contributed by atoms with E-state index >= 15 is 0 Å². The van der Waals surface area contributed by atoms with Crippen molar-refractivity contribution in [3.63, 3.8) is 0 Å². The molecule has 1 aromatic carbocycles. The highest BCUT2D eigenvalue weighted by molar-refractivity contribution is 7.98. The number of aromatic amines is 1. The Bertz CT molecular complexity index is 1070. The van der Waals surface area contributed by atoms with Crippen LogP contribution in [-0.2, 0) is 18.6 Å². The molecule has 28 heavy (non-hydrogen) atoms. The van der Waals surface area contributed by atoms with Gasteiger partial charge in [0.15, 0.2) is 16.7 Å². The van der Waals surface area contributed by atoms with Gasteiger partial charge in [0.1, 0.15) is 5.76 Å². The van der Waals surface area contributed by atoms with Crippen LogP contribution < -0.4 is 15.0 Å². The molecule has 0 radical (unpaired) electrons. The summed E-state index contributed by atoms with van der Waals surface area (Å²) in [5.74, 6) is 2.93. The Kier molecular flexibility index (Phi) is 5.13. The van der Waals surface area contributed by atoms with Gasteiger partial charge in [-0.3, -0.25) is 4.79 Å². The minimum Gasteiger partial charge on any atom is -0.493 e.